The Morgan fingerprint density at radius 3 is 2.52 bits per heavy atom. The standard InChI is InChI=1S/C16H16F2N4O/c17-13-4-3-12(10-14(13)18)11-16(23)22-8-6-21(7-9-22)15-2-1-5-19-20-15/h1-5,10H,6-9,11H2. The first-order valence-electron chi connectivity index (χ1n) is 7.38. The molecule has 7 heteroatoms. The Morgan fingerprint density at radius 1 is 1.09 bits per heavy atom. The van der Waals surface area contributed by atoms with Gasteiger partial charge < -0.3 is 9.80 Å². The van der Waals surface area contributed by atoms with Crippen LogP contribution in [-0.2, 0) is 11.2 Å². The first-order valence-corrected chi connectivity index (χ1v) is 7.38. The second-order valence-corrected chi connectivity index (χ2v) is 5.37. The number of hydrogen-bond donors (Lipinski definition) is 0. The van der Waals surface area contributed by atoms with E-state index >= 15 is 0 Å². The molecule has 1 amide bonds. The Morgan fingerprint density at radius 2 is 1.87 bits per heavy atom. The number of halogens is 2. The van der Waals surface area contributed by atoms with E-state index in [1.165, 1.54) is 6.07 Å². The third kappa shape index (κ3) is 3.61. The largest absolute Gasteiger partial charge is 0.352 e. The second kappa shape index (κ2) is 6.68. The average molecular weight is 318 g/mol. The molecular formula is C16H16F2N4O. The molecule has 1 aromatic heterocycles. The fourth-order valence-corrected chi connectivity index (χ4v) is 2.58. The van der Waals surface area contributed by atoms with Crippen molar-refractivity contribution in [1.29, 1.82) is 0 Å². The molecule has 0 spiro atoms. The molecule has 0 radical (unpaired) electrons. The normalized spacial score (nSPS) is 14.9. The van der Waals surface area contributed by atoms with Crippen LogP contribution in [0.4, 0.5) is 14.6 Å². The van der Waals surface area contributed by atoms with Gasteiger partial charge in [-0.3, -0.25) is 4.79 Å². The van der Waals surface area contributed by atoms with E-state index in [4.69, 9.17) is 0 Å². The number of aromatic nitrogens is 2. The molecule has 1 aliphatic rings. The van der Waals surface area contributed by atoms with Crippen molar-refractivity contribution in [3.8, 4) is 0 Å². The number of anilines is 1. The summed E-state index contributed by atoms with van der Waals surface area (Å²) >= 11 is 0. The number of carbonyl (C=O) groups excluding carboxylic acids is 1. The number of amides is 1. The van der Waals surface area contributed by atoms with Gasteiger partial charge in [-0.2, -0.15) is 5.10 Å². The van der Waals surface area contributed by atoms with Gasteiger partial charge in [-0.15, -0.1) is 5.10 Å². The summed E-state index contributed by atoms with van der Waals surface area (Å²) in [5.74, 6) is -1.13. The first kappa shape index (κ1) is 15.3. The fraction of sp³-hybridized carbons (Fsp3) is 0.312. The van der Waals surface area contributed by atoms with Gasteiger partial charge in [0.2, 0.25) is 5.91 Å². The van der Waals surface area contributed by atoms with Crippen molar-refractivity contribution in [1.82, 2.24) is 15.1 Å². The van der Waals surface area contributed by atoms with Gasteiger partial charge in [-0.05, 0) is 29.8 Å². The molecule has 2 heterocycles. The maximum Gasteiger partial charge on any atom is 0.227 e. The molecule has 0 unspecified atom stereocenters. The molecule has 3 rings (SSSR count). The predicted octanol–water partition coefficient (Wildman–Crippen LogP) is 1.65. The molecule has 120 valence electrons. The maximum atomic E-state index is 13.2. The van der Waals surface area contributed by atoms with Gasteiger partial charge in [0.25, 0.3) is 0 Å². The highest BCUT2D eigenvalue weighted by Gasteiger charge is 2.22. The predicted molar refractivity (Wildman–Crippen MR) is 80.9 cm³/mol. The van der Waals surface area contributed by atoms with Crippen LogP contribution in [0.1, 0.15) is 5.56 Å². The summed E-state index contributed by atoms with van der Waals surface area (Å²) in [7, 11) is 0. The number of hydrogen-bond acceptors (Lipinski definition) is 4. The van der Waals surface area contributed by atoms with Crippen LogP contribution in [0.5, 0.6) is 0 Å². The number of carbonyl (C=O) groups is 1. The van der Waals surface area contributed by atoms with Crippen molar-refractivity contribution in [3.63, 3.8) is 0 Å². The Kier molecular flexibility index (Phi) is 4.45. The zero-order chi connectivity index (χ0) is 16.2. The molecule has 0 N–H and O–H groups in total. The minimum Gasteiger partial charge on any atom is -0.352 e. The summed E-state index contributed by atoms with van der Waals surface area (Å²) in [6.45, 7) is 2.47. The molecule has 2 aromatic rings. The smallest absolute Gasteiger partial charge is 0.227 e. The van der Waals surface area contributed by atoms with E-state index in [9.17, 15) is 13.6 Å². The van der Waals surface area contributed by atoms with E-state index in [1.807, 2.05) is 12.1 Å². The molecule has 0 aliphatic carbocycles. The lowest BCUT2D eigenvalue weighted by Gasteiger charge is -2.35. The number of rotatable bonds is 3. The molecule has 0 bridgehead atoms. The summed E-state index contributed by atoms with van der Waals surface area (Å²) in [4.78, 5) is 16.1. The second-order valence-electron chi connectivity index (χ2n) is 5.37. The molecule has 1 aromatic carbocycles. The van der Waals surface area contributed by atoms with Crippen LogP contribution in [0.25, 0.3) is 0 Å². The van der Waals surface area contributed by atoms with Crippen molar-refractivity contribution in [2.75, 3.05) is 31.1 Å². The van der Waals surface area contributed by atoms with Crippen LogP contribution >= 0.6 is 0 Å². The highest BCUT2D eigenvalue weighted by molar-refractivity contribution is 5.79. The summed E-state index contributed by atoms with van der Waals surface area (Å²) in [6.07, 6.45) is 1.69. The molecule has 0 saturated carbocycles. The monoisotopic (exact) mass is 318 g/mol. The molecule has 1 fully saturated rings. The quantitative estimate of drug-likeness (QED) is 0.863. The Hall–Kier alpha value is -2.57. The minimum atomic E-state index is -0.928. The van der Waals surface area contributed by atoms with Gasteiger partial charge in [0.1, 0.15) is 0 Å². The highest BCUT2D eigenvalue weighted by Crippen LogP contribution is 2.14. The van der Waals surface area contributed by atoms with Crippen LogP contribution in [0.2, 0.25) is 0 Å². The summed E-state index contributed by atoms with van der Waals surface area (Å²) in [5.41, 5.74) is 0.477. The van der Waals surface area contributed by atoms with Gasteiger partial charge >= 0.3 is 0 Å². The molecule has 0 atom stereocenters. The number of nitrogens with zero attached hydrogens (tertiary/aromatic N) is 4. The third-order valence-corrected chi connectivity index (χ3v) is 3.85. The molecule has 23 heavy (non-hydrogen) atoms. The first-order chi connectivity index (χ1) is 11.1. The van der Waals surface area contributed by atoms with Crippen LogP contribution in [0, 0.1) is 11.6 Å². The molecular weight excluding hydrogens is 302 g/mol. The maximum absolute atomic E-state index is 13.2. The lowest BCUT2D eigenvalue weighted by atomic mass is 10.1. The zero-order valence-corrected chi connectivity index (χ0v) is 12.5. The zero-order valence-electron chi connectivity index (χ0n) is 12.5. The molecule has 1 aliphatic heterocycles. The average Bonchev–Trinajstić information content (AvgIpc) is 2.59. The SMILES string of the molecule is O=C(Cc1ccc(F)c(F)c1)N1CCN(c2cccnn2)CC1. The van der Waals surface area contributed by atoms with Crippen molar-refractivity contribution in [2.24, 2.45) is 0 Å². The molecule has 5 nitrogen and oxygen atoms in total. The Labute approximate surface area is 132 Å². The van der Waals surface area contributed by atoms with Gasteiger partial charge in [-0.1, -0.05) is 6.07 Å². The van der Waals surface area contributed by atoms with Crippen molar-refractivity contribution < 1.29 is 13.6 Å². The Balaban J connectivity index is 1.57. The highest BCUT2D eigenvalue weighted by atomic mass is 19.2. The van der Waals surface area contributed by atoms with E-state index in [1.54, 1.807) is 11.1 Å². The van der Waals surface area contributed by atoms with Crippen LogP contribution in [-0.4, -0.2) is 47.2 Å². The fourth-order valence-electron chi connectivity index (χ4n) is 2.58. The summed E-state index contributed by atoms with van der Waals surface area (Å²) in [5, 5.41) is 7.90. The van der Waals surface area contributed by atoms with Gasteiger partial charge in [0.05, 0.1) is 6.42 Å². The van der Waals surface area contributed by atoms with E-state index in [0.717, 1.165) is 18.0 Å². The van der Waals surface area contributed by atoms with E-state index in [2.05, 4.69) is 15.1 Å². The van der Waals surface area contributed by atoms with E-state index in [-0.39, 0.29) is 12.3 Å². The number of piperazine rings is 1. The number of benzene rings is 1. The van der Waals surface area contributed by atoms with Gasteiger partial charge in [-0.25, -0.2) is 8.78 Å². The van der Waals surface area contributed by atoms with Gasteiger partial charge in [0, 0.05) is 32.4 Å². The molecule has 1 saturated heterocycles. The van der Waals surface area contributed by atoms with Crippen LogP contribution in [0.15, 0.2) is 36.5 Å². The van der Waals surface area contributed by atoms with Gasteiger partial charge in [0.15, 0.2) is 17.5 Å². The van der Waals surface area contributed by atoms with Crippen molar-refractivity contribution >= 4 is 11.7 Å². The Bertz CT molecular complexity index is 688. The third-order valence-electron chi connectivity index (χ3n) is 3.85. The van der Waals surface area contributed by atoms with Crippen LogP contribution < -0.4 is 4.90 Å². The summed E-state index contributed by atoms with van der Waals surface area (Å²) in [6, 6.07) is 7.26. The lowest BCUT2D eigenvalue weighted by Crippen LogP contribution is -2.49. The minimum absolute atomic E-state index is 0.0718. The van der Waals surface area contributed by atoms with E-state index in [0.29, 0.717) is 31.7 Å². The van der Waals surface area contributed by atoms with E-state index < -0.39 is 11.6 Å². The summed E-state index contributed by atoms with van der Waals surface area (Å²) < 4.78 is 26.1. The lowest BCUT2D eigenvalue weighted by molar-refractivity contribution is -0.130. The van der Waals surface area contributed by atoms with Crippen molar-refractivity contribution in [2.45, 2.75) is 6.42 Å². The van der Waals surface area contributed by atoms with Crippen LogP contribution in [0.3, 0.4) is 0 Å². The van der Waals surface area contributed by atoms with Crippen molar-refractivity contribution in [3.05, 3.63) is 53.7 Å². The topological polar surface area (TPSA) is 49.3 Å².